The first kappa shape index (κ1) is 20.1. The lowest BCUT2D eigenvalue weighted by Crippen LogP contribution is -2.42. The van der Waals surface area contributed by atoms with E-state index < -0.39 is 23.7 Å². The van der Waals surface area contributed by atoms with Gasteiger partial charge in [-0.1, -0.05) is 18.2 Å². The molecule has 1 heterocycles. The van der Waals surface area contributed by atoms with E-state index in [-0.39, 0.29) is 19.7 Å². The minimum Gasteiger partial charge on any atom is -0.445 e. The summed E-state index contributed by atoms with van der Waals surface area (Å²) in [6.45, 7) is 5.63. The predicted octanol–water partition coefficient (Wildman–Crippen LogP) is 3.20. The molecule has 0 aliphatic carbocycles. The number of carbonyl (C=O) groups is 2. The number of amides is 2. The number of ether oxygens (including phenoxy) is 1. The van der Waals surface area contributed by atoms with Crippen molar-refractivity contribution in [2.75, 3.05) is 13.1 Å². The van der Waals surface area contributed by atoms with Gasteiger partial charge in [-0.3, -0.25) is 4.79 Å². The number of hydrogen-bond donors (Lipinski definition) is 1. The molecule has 1 aliphatic rings. The van der Waals surface area contributed by atoms with Gasteiger partial charge >= 0.3 is 18.2 Å². The summed E-state index contributed by atoms with van der Waals surface area (Å²) in [4.78, 5) is 24.0. The molecule has 1 N–H and O–H groups in total. The second-order valence-corrected chi connectivity index (χ2v) is 7.34. The lowest BCUT2D eigenvalue weighted by Gasteiger charge is -2.21. The molecule has 1 aliphatic heterocycles. The Morgan fingerprint density at radius 2 is 1.73 bits per heavy atom. The molecule has 1 aromatic rings. The van der Waals surface area contributed by atoms with Crippen molar-refractivity contribution in [3.63, 3.8) is 0 Å². The van der Waals surface area contributed by atoms with Gasteiger partial charge in [-0.15, -0.1) is 0 Å². The van der Waals surface area contributed by atoms with Crippen molar-refractivity contribution in [1.82, 2.24) is 10.2 Å². The SMILES string of the molecule is CC(C)(C)NC(=O)OCc1ccc2c(c1)CCN(C(=O)C(F)(F)F)CC2. The van der Waals surface area contributed by atoms with E-state index in [0.29, 0.717) is 12.8 Å². The summed E-state index contributed by atoms with van der Waals surface area (Å²) < 4.78 is 43.0. The van der Waals surface area contributed by atoms with E-state index in [1.165, 1.54) is 0 Å². The summed E-state index contributed by atoms with van der Waals surface area (Å²) in [5, 5.41) is 2.68. The number of benzene rings is 1. The van der Waals surface area contributed by atoms with E-state index in [1.54, 1.807) is 6.07 Å². The van der Waals surface area contributed by atoms with Gasteiger partial charge in [0.1, 0.15) is 6.61 Å². The Balaban J connectivity index is 1.99. The van der Waals surface area contributed by atoms with Gasteiger partial charge in [0, 0.05) is 18.6 Å². The molecule has 1 aromatic carbocycles. The normalized spacial score (nSPS) is 15.1. The highest BCUT2D eigenvalue weighted by atomic mass is 19.4. The maximum atomic E-state index is 12.6. The van der Waals surface area contributed by atoms with Gasteiger partial charge in [0.2, 0.25) is 0 Å². The molecule has 0 unspecified atom stereocenters. The first-order valence-electron chi connectivity index (χ1n) is 8.37. The Bertz CT molecular complexity index is 681. The number of halogens is 3. The first-order chi connectivity index (χ1) is 12.0. The van der Waals surface area contributed by atoms with Gasteiger partial charge in [-0.25, -0.2) is 4.79 Å². The highest BCUT2D eigenvalue weighted by Gasteiger charge is 2.42. The van der Waals surface area contributed by atoms with Crippen LogP contribution in [0, 0.1) is 0 Å². The maximum Gasteiger partial charge on any atom is 0.471 e. The third-order valence-electron chi connectivity index (χ3n) is 3.95. The molecule has 0 saturated heterocycles. The summed E-state index contributed by atoms with van der Waals surface area (Å²) in [6.07, 6.45) is -4.69. The molecule has 2 rings (SSSR count). The first-order valence-corrected chi connectivity index (χ1v) is 8.37. The lowest BCUT2D eigenvalue weighted by molar-refractivity contribution is -0.185. The molecule has 5 nitrogen and oxygen atoms in total. The second kappa shape index (κ2) is 7.55. The second-order valence-electron chi connectivity index (χ2n) is 7.34. The van der Waals surface area contributed by atoms with Crippen molar-refractivity contribution in [2.45, 2.75) is 51.9 Å². The Hall–Kier alpha value is -2.25. The van der Waals surface area contributed by atoms with E-state index in [2.05, 4.69) is 5.32 Å². The Kier molecular flexibility index (Phi) is 5.83. The number of hydrogen-bond acceptors (Lipinski definition) is 3. The van der Waals surface area contributed by atoms with E-state index in [0.717, 1.165) is 21.6 Å². The van der Waals surface area contributed by atoms with Crippen LogP contribution in [-0.4, -0.2) is 41.7 Å². The average Bonchev–Trinajstić information content (AvgIpc) is 2.71. The quantitative estimate of drug-likeness (QED) is 0.867. The average molecular weight is 372 g/mol. The van der Waals surface area contributed by atoms with Crippen molar-refractivity contribution < 1.29 is 27.5 Å². The molecule has 0 aromatic heterocycles. The minimum atomic E-state index is -4.85. The van der Waals surface area contributed by atoms with Crippen molar-refractivity contribution in [2.24, 2.45) is 0 Å². The largest absolute Gasteiger partial charge is 0.471 e. The van der Waals surface area contributed by atoms with Gasteiger partial charge < -0.3 is 15.0 Å². The molecular weight excluding hydrogens is 349 g/mol. The van der Waals surface area contributed by atoms with Crippen LogP contribution in [0.1, 0.15) is 37.5 Å². The zero-order valence-corrected chi connectivity index (χ0v) is 15.1. The summed E-state index contributed by atoms with van der Waals surface area (Å²) in [6, 6.07) is 5.42. The molecule has 8 heteroatoms. The molecule has 0 fully saturated rings. The van der Waals surface area contributed by atoms with Crippen molar-refractivity contribution >= 4 is 12.0 Å². The van der Waals surface area contributed by atoms with Crippen molar-refractivity contribution in [1.29, 1.82) is 0 Å². The van der Waals surface area contributed by atoms with Crippen LogP contribution >= 0.6 is 0 Å². The fraction of sp³-hybridized carbons (Fsp3) is 0.556. The molecule has 144 valence electrons. The summed E-state index contributed by atoms with van der Waals surface area (Å²) in [5.41, 5.74) is 2.13. The number of rotatable bonds is 2. The summed E-state index contributed by atoms with van der Waals surface area (Å²) in [7, 11) is 0. The molecule has 0 radical (unpaired) electrons. The fourth-order valence-corrected chi connectivity index (χ4v) is 2.74. The topological polar surface area (TPSA) is 58.6 Å². The Morgan fingerprint density at radius 1 is 1.12 bits per heavy atom. The Labute approximate surface area is 150 Å². The standard InChI is InChI=1S/C18H23F3N2O3/c1-17(2,3)22-16(25)26-11-12-4-5-13-6-8-23(9-7-14(13)10-12)15(24)18(19,20)21/h4-5,10H,6-9,11H2,1-3H3,(H,22,25). The highest BCUT2D eigenvalue weighted by Crippen LogP contribution is 2.23. The third-order valence-corrected chi connectivity index (χ3v) is 3.95. The van der Waals surface area contributed by atoms with E-state index >= 15 is 0 Å². The molecule has 0 bridgehead atoms. The number of carbonyl (C=O) groups excluding carboxylic acids is 2. The monoisotopic (exact) mass is 372 g/mol. The van der Waals surface area contributed by atoms with Gasteiger partial charge in [0.15, 0.2) is 0 Å². The van der Waals surface area contributed by atoms with Crippen LogP contribution in [0.4, 0.5) is 18.0 Å². The molecule has 2 amide bonds. The zero-order valence-electron chi connectivity index (χ0n) is 15.1. The van der Waals surface area contributed by atoms with Crippen LogP contribution in [0.5, 0.6) is 0 Å². The molecule has 0 spiro atoms. The number of fused-ring (bicyclic) bond motifs is 1. The summed E-state index contributed by atoms with van der Waals surface area (Å²) in [5.74, 6) is -1.80. The smallest absolute Gasteiger partial charge is 0.445 e. The van der Waals surface area contributed by atoms with Gasteiger partial charge in [0.25, 0.3) is 0 Å². The van der Waals surface area contributed by atoms with E-state index in [9.17, 15) is 22.8 Å². The fourth-order valence-electron chi connectivity index (χ4n) is 2.74. The molecule has 0 atom stereocenters. The van der Waals surface area contributed by atoms with Crippen molar-refractivity contribution in [3.05, 3.63) is 34.9 Å². The van der Waals surface area contributed by atoms with Crippen molar-refractivity contribution in [3.8, 4) is 0 Å². The molecular formula is C18H23F3N2O3. The zero-order chi connectivity index (χ0) is 19.5. The minimum absolute atomic E-state index is 0.0141. The van der Waals surface area contributed by atoms with Crippen LogP contribution in [0.15, 0.2) is 18.2 Å². The van der Waals surface area contributed by atoms with Gasteiger partial charge in [-0.2, -0.15) is 13.2 Å². The number of alkyl halides is 3. The van der Waals surface area contributed by atoms with Crippen LogP contribution in [0.3, 0.4) is 0 Å². The predicted molar refractivity (Wildman–Crippen MR) is 89.6 cm³/mol. The molecule has 26 heavy (non-hydrogen) atoms. The van der Waals surface area contributed by atoms with Gasteiger partial charge in [-0.05, 0) is 50.3 Å². The molecule has 0 saturated carbocycles. The van der Waals surface area contributed by atoms with Gasteiger partial charge in [0.05, 0.1) is 0 Å². The van der Waals surface area contributed by atoms with E-state index in [1.807, 2.05) is 32.9 Å². The van der Waals surface area contributed by atoms with Crippen LogP contribution in [0.2, 0.25) is 0 Å². The summed E-state index contributed by atoms with van der Waals surface area (Å²) >= 11 is 0. The third kappa shape index (κ3) is 5.64. The van der Waals surface area contributed by atoms with E-state index in [4.69, 9.17) is 4.74 Å². The number of nitrogens with zero attached hydrogens (tertiary/aromatic N) is 1. The number of alkyl carbamates (subject to hydrolysis) is 1. The van der Waals surface area contributed by atoms with Crippen LogP contribution < -0.4 is 5.32 Å². The Morgan fingerprint density at radius 3 is 2.31 bits per heavy atom. The van der Waals surface area contributed by atoms with Crippen LogP contribution in [-0.2, 0) is 29.0 Å². The maximum absolute atomic E-state index is 12.6. The highest BCUT2D eigenvalue weighted by molar-refractivity contribution is 5.82. The lowest BCUT2D eigenvalue weighted by atomic mass is 10.0. The van der Waals surface area contributed by atoms with Crippen LogP contribution in [0.25, 0.3) is 0 Å². The number of nitrogens with one attached hydrogen (secondary N) is 1.